The summed E-state index contributed by atoms with van der Waals surface area (Å²) in [6.45, 7) is 7.73. The fourth-order valence-corrected chi connectivity index (χ4v) is 1.88. The molecule has 1 rings (SSSR count). The van der Waals surface area contributed by atoms with Crippen LogP contribution in [0.2, 0.25) is 0 Å². The highest BCUT2D eigenvalue weighted by molar-refractivity contribution is 5.02. The average Bonchev–Trinajstić information content (AvgIpc) is 1.97. The summed E-state index contributed by atoms with van der Waals surface area (Å²) in [5, 5.41) is 3.46. The first-order valence-electron chi connectivity index (χ1n) is 4.39. The molecule has 0 aromatic carbocycles. The van der Waals surface area contributed by atoms with Crippen LogP contribution in [0.15, 0.2) is 0 Å². The summed E-state index contributed by atoms with van der Waals surface area (Å²) in [5.41, 5.74) is 0.324. The van der Waals surface area contributed by atoms with Gasteiger partial charge >= 0.3 is 0 Å². The normalized spacial score (nSPS) is 34.9. The molecule has 2 unspecified atom stereocenters. The molecule has 11 heavy (non-hydrogen) atoms. The van der Waals surface area contributed by atoms with E-state index >= 15 is 0 Å². The lowest BCUT2D eigenvalue weighted by Crippen LogP contribution is -2.60. The van der Waals surface area contributed by atoms with Gasteiger partial charge in [-0.15, -0.1) is 0 Å². The van der Waals surface area contributed by atoms with Crippen molar-refractivity contribution in [1.82, 2.24) is 5.32 Å². The van der Waals surface area contributed by atoms with Gasteiger partial charge < -0.3 is 10.1 Å². The van der Waals surface area contributed by atoms with Gasteiger partial charge in [-0.1, -0.05) is 20.8 Å². The number of hydrogen-bond donors (Lipinski definition) is 1. The van der Waals surface area contributed by atoms with Gasteiger partial charge in [-0.25, -0.2) is 0 Å². The first kappa shape index (κ1) is 9.01. The second kappa shape index (κ2) is 3.11. The van der Waals surface area contributed by atoms with Crippen molar-refractivity contribution in [1.29, 1.82) is 0 Å². The van der Waals surface area contributed by atoms with Gasteiger partial charge in [0.2, 0.25) is 0 Å². The molecule has 0 aromatic rings. The Morgan fingerprint density at radius 1 is 1.55 bits per heavy atom. The highest BCUT2D eigenvalue weighted by atomic mass is 16.5. The van der Waals surface area contributed by atoms with Gasteiger partial charge in [0.1, 0.15) is 0 Å². The molecule has 0 radical (unpaired) electrons. The lowest BCUT2D eigenvalue weighted by atomic mass is 9.64. The topological polar surface area (TPSA) is 21.3 Å². The van der Waals surface area contributed by atoms with E-state index in [2.05, 4.69) is 26.1 Å². The van der Waals surface area contributed by atoms with Crippen LogP contribution in [0.25, 0.3) is 0 Å². The Labute approximate surface area is 69.3 Å². The maximum atomic E-state index is 5.34. The molecule has 1 aliphatic carbocycles. The van der Waals surface area contributed by atoms with Crippen molar-refractivity contribution in [2.45, 2.75) is 39.3 Å². The van der Waals surface area contributed by atoms with Crippen molar-refractivity contribution < 1.29 is 4.74 Å². The van der Waals surface area contributed by atoms with Crippen LogP contribution in [0.1, 0.15) is 27.2 Å². The van der Waals surface area contributed by atoms with Crippen LogP contribution in [-0.4, -0.2) is 25.8 Å². The van der Waals surface area contributed by atoms with E-state index in [0.29, 0.717) is 17.6 Å². The Hall–Kier alpha value is -0.0800. The molecular weight excluding hydrogens is 138 g/mol. The number of hydrogen-bond acceptors (Lipinski definition) is 2. The zero-order valence-corrected chi connectivity index (χ0v) is 7.98. The van der Waals surface area contributed by atoms with E-state index in [1.807, 2.05) is 0 Å². The number of methoxy groups -OCH3 is 1. The van der Waals surface area contributed by atoms with E-state index in [0.717, 1.165) is 13.0 Å². The molecule has 1 fully saturated rings. The zero-order valence-electron chi connectivity index (χ0n) is 7.98. The van der Waals surface area contributed by atoms with Crippen molar-refractivity contribution in [3.8, 4) is 0 Å². The molecule has 0 bridgehead atoms. The minimum Gasteiger partial charge on any atom is -0.381 e. The molecule has 0 aromatic heterocycles. The fourth-order valence-electron chi connectivity index (χ4n) is 1.88. The predicted octanol–water partition coefficient (Wildman–Crippen LogP) is 1.41. The van der Waals surface area contributed by atoms with Crippen LogP contribution in [0.5, 0.6) is 0 Å². The Balaban J connectivity index is 2.40. The molecule has 1 N–H and O–H groups in total. The second-order valence-electron chi connectivity index (χ2n) is 3.89. The first-order chi connectivity index (χ1) is 5.12. The van der Waals surface area contributed by atoms with Crippen LogP contribution in [-0.2, 0) is 4.74 Å². The summed E-state index contributed by atoms with van der Waals surface area (Å²) in [7, 11) is 1.80. The third kappa shape index (κ3) is 1.42. The van der Waals surface area contributed by atoms with Crippen molar-refractivity contribution in [3.63, 3.8) is 0 Å². The largest absolute Gasteiger partial charge is 0.381 e. The Morgan fingerprint density at radius 2 is 2.18 bits per heavy atom. The lowest BCUT2D eigenvalue weighted by molar-refractivity contribution is -0.0968. The molecule has 1 saturated carbocycles. The van der Waals surface area contributed by atoms with Gasteiger partial charge in [0.25, 0.3) is 0 Å². The summed E-state index contributed by atoms with van der Waals surface area (Å²) in [4.78, 5) is 0. The molecule has 66 valence electrons. The van der Waals surface area contributed by atoms with Crippen molar-refractivity contribution in [2.75, 3.05) is 13.7 Å². The molecule has 1 aliphatic rings. The summed E-state index contributed by atoms with van der Waals surface area (Å²) < 4.78 is 5.34. The van der Waals surface area contributed by atoms with Crippen molar-refractivity contribution in [3.05, 3.63) is 0 Å². The van der Waals surface area contributed by atoms with Gasteiger partial charge in [0.05, 0.1) is 6.10 Å². The van der Waals surface area contributed by atoms with Gasteiger partial charge in [0.15, 0.2) is 0 Å². The van der Waals surface area contributed by atoms with E-state index in [4.69, 9.17) is 4.74 Å². The molecule has 2 heteroatoms. The molecule has 2 atom stereocenters. The highest BCUT2D eigenvalue weighted by Crippen LogP contribution is 2.42. The maximum absolute atomic E-state index is 5.34. The standard InChI is InChI=1S/C9H19NO/c1-5-10-7-6-8(11-4)9(7,2)3/h7-8,10H,5-6H2,1-4H3. The third-order valence-electron chi connectivity index (χ3n) is 2.91. The highest BCUT2D eigenvalue weighted by Gasteiger charge is 2.47. The Morgan fingerprint density at radius 3 is 2.55 bits per heavy atom. The summed E-state index contributed by atoms with van der Waals surface area (Å²) in [5.74, 6) is 0. The van der Waals surface area contributed by atoms with E-state index in [1.54, 1.807) is 7.11 Å². The molecule has 0 aliphatic heterocycles. The zero-order chi connectivity index (χ0) is 8.48. The van der Waals surface area contributed by atoms with Crippen LogP contribution in [0, 0.1) is 5.41 Å². The van der Waals surface area contributed by atoms with Crippen molar-refractivity contribution >= 4 is 0 Å². The monoisotopic (exact) mass is 157 g/mol. The molecule has 0 spiro atoms. The molecule has 2 nitrogen and oxygen atoms in total. The van der Waals surface area contributed by atoms with Gasteiger partial charge in [-0.05, 0) is 13.0 Å². The van der Waals surface area contributed by atoms with E-state index in [1.165, 1.54) is 0 Å². The quantitative estimate of drug-likeness (QED) is 0.669. The summed E-state index contributed by atoms with van der Waals surface area (Å²) in [6.07, 6.45) is 1.61. The SMILES string of the molecule is CCNC1CC(OC)C1(C)C. The molecule has 0 saturated heterocycles. The summed E-state index contributed by atoms with van der Waals surface area (Å²) >= 11 is 0. The van der Waals surface area contributed by atoms with Crippen LogP contribution in [0.3, 0.4) is 0 Å². The third-order valence-corrected chi connectivity index (χ3v) is 2.91. The number of nitrogens with one attached hydrogen (secondary N) is 1. The van der Waals surface area contributed by atoms with Crippen LogP contribution >= 0.6 is 0 Å². The van der Waals surface area contributed by atoms with E-state index in [9.17, 15) is 0 Å². The van der Waals surface area contributed by atoms with E-state index < -0.39 is 0 Å². The average molecular weight is 157 g/mol. The Kier molecular flexibility index (Phi) is 2.55. The fraction of sp³-hybridized carbons (Fsp3) is 1.00. The molecule has 0 heterocycles. The van der Waals surface area contributed by atoms with Gasteiger partial charge in [-0.3, -0.25) is 0 Å². The Bertz CT molecular complexity index is 134. The summed E-state index contributed by atoms with van der Waals surface area (Å²) in [6, 6.07) is 0.650. The minimum atomic E-state index is 0.324. The smallest absolute Gasteiger partial charge is 0.0652 e. The lowest BCUT2D eigenvalue weighted by Gasteiger charge is -2.51. The molecule has 0 amide bonds. The first-order valence-corrected chi connectivity index (χ1v) is 4.39. The molecular formula is C9H19NO. The van der Waals surface area contributed by atoms with Crippen LogP contribution < -0.4 is 5.32 Å². The predicted molar refractivity (Wildman–Crippen MR) is 46.7 cm³/mol. The number of rotatable bonds is 3. The number of ether oxygens (including phenoxy) is 1. The van der Waals surface area contributed by atoms with E-state index in [-0.39, 0.29) is 0 Å². The van der Waals surface area contributed by atoms with Crippen molar-refractivity contribution in [2.24, 2.45) is 5.41 Å². The minimum absolute atomic E-state index is 0.324. The van der Waals surface area contributed by atoms with Gasteiger partial charge in [-0.2, -0.15) is 0 Å². The maximum Gasteiger partial charge on any atom is 0.0652 e. The second-order valence-corrected chi connectivity index (χ2v) is 3.89. The van der Waals surface area contributed by atoms with Gasteiger partial charge in [0, 0.05) is 18.6 Å². The van der Waals surface area contributed by atoms with Crippen LogP contribution in [0.4, 0.5) is 0 Å².